The summed E-state index contributed by atoms with van der Waals surface area (Å²) in [5, 5.41) is 2.73. The van der Waals surface area contributed by atoms with E-state index in [1.54, 1.807) is 12.1 Å². The number of hydrogen-bond acceptors (Lipinski definition) is 2. The first kappa shape index (κ1) is 12.6. The third-order valence-corrected chi connectivity index (χ3v) is 2.31. The van der Waals surface area contributed by atoms with E-state index in [1.165, 1.54) is 12.1 Å². The van der Waals surface area contributed by atoms with E-state index in [2.05, 4.69) is 5.32 Å². The van der Waals surface area contributed by atoms with Gasteiger partial charge in [-0.1, -0.05) is 19.1 Å². The Morgan fingerprint density at radius 3 is 2.94 bits per heavy atom. The van der Waals surface area contributed by atoms with Crippen molar-refractivity contribution in [3.05, 3.63) is 35.6 Å². The fourth-order valence-electron chi connectivity index (χ4n) is 1.32. The van der Waals surface area contributed by atoms with Gasteiger partial charge in [-0.15, -0.1) is 0 Å². The molecule has 0 aliphatic heterocycles. The molecule has 1 amide bonds. The fourth-order valence-corrected chi connectivity index (χ4v) is 1.32. The molecule has 4 heteroatoms. The van der Waals surface area contributed by atoms with Crippen molar-refractivity contribution >= 4 is 5.91 Å². The Labute approximate surface area is 94.8 Å². The van der Waals surface area contributed by atoms with Gasteiger partial charge in [0.25, 0.3) is 0 Å². The standard InChI is InChI=1S/C12H17FN2O/c1-9(7-14)5-12(16)15-8-10-3-2-4-11(13)6-10/h2-4,6,9H,5,7-8,14H2,1H3,(H,15,16). The van der Waals surface area contributed by atoms with Crippen LogP contribution in [0.15, 0.2) is 24.3 Å². The number of hydrogen-bond donors (Lipinski definition) is 2. The van der Waals surface area contributed by atoms with Crippen LogP contribution >= 0.6 is 0 Å². The molecule has 1 atom stereocenters. The van der Waals surface area contributed by atoms with Crippen LogP contribution in [0.3, 0.4) is 0 Å². The molecule has 1 aromatic rings. The van der Waals surface area contributed by atoms with E-state index in [-0.39, 0.29) is 17.6 Å². The molecule has 0 bridgehead atoms. The largest absolute Gasteiger partial charge is 0.352 e. The predicted molar refractivity (Wildman–Crippen MR) is 61.1 cm³/mol. The van der Waals surface area contributed by atoms with Crippen LogP contribution in [0, 0.1) is 11.7 Å². The molecule has 3 N–H and O–H groups in total. The summed E-state index contributed by atoms with van der Waals surface area (Å²) in [6, 6.07) is 6.18. The highest BCUT2D eigenvalue weighted by Crippen LogP contribution is 2.04. The van der Waals surface area contributed by atoms with Crippen molar-refractivity contribution in [1.82, 2.24) is 5.32 Å². The van der Waals surface area contributed by atoms with Crippen molar-refractivity contribution in [1.29, 1.82) is 0 Å². The number of nitrogens with two attached hydrogens (primary N) is 1. The zero-order valence-corrected chi connectivity index (χ0v) is 9.37. The molecule has 0 aromatic heterocycles. The minimum absolute atomic E-state index is 0.0535. The predicted octanol–water partition coefficient (Wildman–Crippen LogP) is 1.43. The number of halogens is 1. The molecule has 0 saturated heterocycles. The summed E-state index contributed by atoms with van der Waals surface area (Å²) in [6.07, 6.45) is 0.409. The lowest BCUT2D eigenvalue weighted by Gasteiger charge is -2.09. The Balaban J connectivity index is 2.37. The van der Waals surface area contributed by atoms with Gasteiger partial charge in [-0.05, 0) is 30.2 Å². The van der Waals surface area contributed by atoms with Crippen molar-refractivity contribution in [2.75, 3.05) is 6.54 Å². The van der Waals surface area contributed by atoms with Gasteiger partial charge in [-0.2, -0.15) is 0 Å². The Kier molecular flexibility index (Phi) is 4.92. The third-order valence-electron chi connectivity index (χ3n) is 2.31. The Morgan fingerprint density at radius 2 is 2.31 bits per heavy atom. The van der Waals surface area contributed by atoms with E-state index in [1.807, 2.05) is 6.92 Å². The normalized spacial score (nSPS) is 12.2. The highest BCUT2D eigenvalue weighted by atomic mass is 19.1. The molecule has 0 aliphatic rings. The minimum Gasteiger partial charge on any atom is -0.352 e. The molecule has 0 saturated carbocycles. The summed E-state index contributed by atoms with van der Waals surface area (Å²) in [5.74, 6) is -0.170. The number of carbonyl (C=O) groups excluding carboxylic acids is 1. The average Bonchev–Trinajstić information content (AvgIpc) is 2.26. The van der Waals surface area contributed by atoms with Gasteiger partial charge in [0.15, 0.2) is 0 Å². The van der Waals surface area contributed by atoms with E-state index in [0.717, 1.165) is 5.56 Å². The first-order valence-electron chi connectivity index (χ1n) is 5.33. The second kappa shape index (κ2) is 6.23. The van der Waals surface area contributed by atoms with E-state index in [9.17, 15) is 9.18 Å². The second-order valence-electron chi connectivity index (χ2n) is 3.95. The van der Waals surface area contributed by atoms with Gasteiger partial charge in [-0.25, -0.2) is 4.39 Å². The quantitative estimate of drug-likeness (QED) is 0.795. The highest BCUT2D eigenvalue weighted by molar-refractivity contribution is 5.76. The van der Waals surface area contributed by atoms with Crippen LogP contribution in [-0.4, -0.2) is 12.5 Å². The minimum atomic E-state index is -0.290. The number of amides is 1. The van der Waals surface area contributed by atoms with Gasteiger partial charge in [0, 0.05) is 13.0 Å². The van der Waals surface area contributed by atoms with Crippen LogP contribution in [-0.2, 0) is 11.3 Å². The van der Waals surface area contributed by atoms with Crippen LogP contribution < -0.4 is 11.1 Å². The van der Waals surface area contributed by atoms with Gasteiger partial charge in [0.05, 0.1) is 0 Å². The van der Waals surface area contributed by atoms with Crippen LogP contribution in [0.4, 0.5) is 4.39 Å². The Bertz CT molecular complexity index is 355. The summed E-state index contributed by atoms with van der Waals surface area (Å²) in [7, 11) is 0. The molecule has 0 aliphatic carbocycles. The van der Waals surface area contributed by atoms with Crippen LogP contribution in [0.1, 0.15) is 18.9 Å². The van der Waals surface area contributed by atoms with Crippen molar-refractivity contribution in [3.63, 3.8) is 0 Å². The summed E-state index contributed by atoms with van der Waals surface area (Å²) in [5.41, 5.74) is 6.18. The van der Waals surface area contributed by atoms with Gasteiger partial charge < -0.3 is 11.1 Å². The molecule has 0 radical (unpaired) electrons. The van der Waals surface area contributed by atoms with Crippen molar-refractivity contribution in [2.24, 2.45) is 11.7 Å². The first-order valence-corrected chi connectivity index (χ1v) is 5.33. The molecule has 1 unspecified atom stereocenters. The van der Waals surface area contributed by atoms with Gasteiger partial charge in [-0.3, -0.25) is 4.79 Å². The van der Waals surface area contributed by atoms with E-state index in [4.69, 9.17) is 5.73 Å². The van der Waals surface area contributed by atoms with Crippen LogP contribution in [0.25, 0.3) is 0 Å². The summed E-state index contributed by atoms with van der Waals surface area (Å²) < 4.78 is 12.8. The van der Waals surface area contributed by atoms with Crippen molar-refractivity contribution in [3.8, 4) is 0 Å². The number of benzene rings is 1. The lowest BCUT2D eigenvalue weighted by molar-refractivity contribution is -0.122. The van der Waals surface area contributed by atoms with Crippen LogP contribution in [0.5, 0.6) is 0 Å². The lowest BCUT2D eigenvalue weighted by atomic mass is 10.1. The molecule has 88 valence electrons. The van der Waals surface area contributed by atoms with E-state index >= 15 is 0 Å². The maximum absolute atomic E-state index is 12.8. The highest BCUT2D eigenvalue weighted by Gasteiger charge is 2.06. The zero-order valence-electron chi connectivity index (χ0n) is 9.37. The Hall–Kier alpha value is -1.42. The molecular formula is C12H17FN2O. The maximum Gasteiger partial charge on any atom is 0.220 e. The molecular weight excluding hydrogens is 207 g/mol. The molecule has 0 fully saturated rings. The van der Waals surface area contributed by atoms with Gasteiger partial charge in [0.2, 0.25) is 5.91 Å². The molecule has 1 aromatic carbocycles. The monoisotopic (exact) mass is 224 g/mol. The average molecular weight is 224 g/mol. The topological polar surface area (TPSA) is 55.1 Å². The number of carbonyl (C=O) groups is 1. The van der Waals surface area contributed by atoms with Gasteiger partial charge >= 0.3 is 0 Å². The summed E-state index contributed by atoms with van der Waals surface area (Å²) in [6.45, 7) is 2.77. The van der Waals surface area contributed by atoms with Crippen LogP contribution in [0.2, 0.25) is 0 Å². The lowest BCUT2D eigenvalue weighted by Crippen LogP contribution is -2.26. The van der Waals surface area contributed by atoms with Crippen molar-refractivity contribution < 1.29 is 9.18 Å². The first-order chi connectivity index (χ1) is 7.61. The molecule has 16 heavy (non-hydrogen) atoms. The molecule has 1 rings (SSSR count). The number of nitrogens with one attached hydrogen (secondary N) is 1. The van der Waals surface area contributed by atoms with Crippen molar-refractivity contribution in [2.45, 2.75) is 19.9 Å². The smallest absolute Gasteiger partial charge is 0.220 e. The van der Waals surface area contributed by atoms with Gasteiger partial charge in [0.1, 0.15) is 5.82 Å². The second-order valence-corrected chi connectivity index (χ2v) is 3.95. The fraction of sp³-hybridized carbons (Fsp3) is 0.417. The van der Waals surface area contributed by atoms with E-state index in [0.29, 0.717) is 19.5 Å². The SMILES string of the molecule is CC(CN)CC(=O)NCc1cccc(F)c1. The zero-order chi connectivity index (χ0) is 12.0. The maximum atomic E-state index is 12.8. The van der Waals surface area contributed by atoms with E-state index < -0.39 is 0 Å². The number of rotatable bonds is 5. The molecule has 3 nitrogen and oxygen atoms in total. The third kappa shape index (κ3) is 4.40. The summed E-state index contributed by atoms with van der Waals surface area (Å²) in [4.78, 5) is 11.4. The molecule has 0 spiro atoms. The molecule has 0 heterocycles. The Morgan fingerprint density at radius 1 is 1.56 bits per heavy atom. The summed E-state index contributed by atoms with van der Waals surface area (Å²) >= 11 is 0.